The summed E-state index contributed by atoms with van der Waals surface area (Å²) in [5, 5.41) is 3.33. The van der Waals surface area contributed by atoms with E-state index in [1.165, 1.54) is 12.8 Å². The lowest BCUT2D eigenvalue weighted by atomic mass is 10.1. The Bertz CT molecular complexity index is 305. The number of nitrogens with zero attached hydrogens (tertiary/aromatic N) is 2. The molecule has 1 fully saturated rings. The summed E-state index contributed by atoms with van der Waals surface area (Å²) in [7, 11) is 2.00. The first-order chi connectivity index (χ1) is 6.30. The molecule has 1 aliphatic rings. The minimum atomic E-state index is 0.173. The van der Waals surface area contributed by atoms with Gasteiger partial charge in [-0.3, -0.25) is 0 Å². The highest BCUT2D eigenvalue weighted by Crippen LogP contribution is 2.43. The first-order valence-corrected chi connectivity index (χ1v) is 4.81. The lowest BCUT2D eigenvalue weighted by Gasteiger charge is -2.13. The average molecular weight is 177 g/mol. The van der Waals surface area contributed by atoms with Gasteiger partial charge in [0.15, 0.2) is 0 Å². The Kier molecular flexibility index (Phi) is 2.04. The van der Waals surface area contributed by atoms with E-state index >= 15 is 0 Å². The molecule has 0 unspecified atom stereocenters. The largest absolute Gasteiger partial charge is 0.309 e. The topological polar surface area (TPSA) is 37.8 Å². The van der Waals surface area contributed by atoms with Gasteiger partial charge in [-0.2, -0.15) is 0 Å². The molecule has 0 aliphatic heterocycles. The fourth-order valence-corrected chi connectivity index (χ4v) is 1.61. The molecule has 1 saturated carbocycles. The number of rotatable bonds is 3. The molecular weight excluding hydrogens is 162 g/mol. The van der Waals surface area contributed by atoms with Gasteiger partial charge in [0.1, 0.15) is 6.33 Å². The number of aromatic nitrogens is 2. The Morgan fingerprint density at radius 3 is 2.77 bits per heavy atom. The lowest BCUT2D eigenvalue weighted by molar-refractivity contribution is 0.564. The first-order valence-electron chi connectivity index (χ1n) is 4.81. The predicted octanol–water partition coefficient (Wildman–Crippen LogP) is 1.25. The highest BCUT2D eigenvalue weighted by atomic mass is 15.0. The zero-order valence-corrected chi connectivity index (χ0v) is 8.17. The first kappa shape index (κ1) is 8.63. The minimum Gasteiger partial charge on any atom is -0.309 e. The summed E-state index contributed by atoms with van der Waals surface area (Å²) in [4.78, 5) is 8.51. The molecule has 0 bridgehead atoms. The average Bonchev–Trinajstić information content (AvgIpc) is 2.99. The maximum atomic E-state index is 4.32. The zero-order valence-electron chi connectivity index (χ0n) is 8.17. The Morgan fingerprint density at radius 1 is 1.46 bits per heavy atom. The standard InChI is InChI=1S/C10H15N3/c1-3-8-6-9(13-7-12-8)10(11-2)4-5-10/h6-7,11H,3-5H2,1-2H3. The van der Waals surface area contributed by atoms with Crippen LogP contribution in [0.3, 0.4) is 0 Å². The van der Waals surface area contributed by atoms with Gasteiger partial charge in [-0.1, -0.05) is 6.92 Å². The van der Waals surface area contributed by atoms with Crippen molar-refractivity contribution < 1.29 is 0 Å². The summed E-state index contributed by atoms with van der Waals surface area (Å²) in [5.74, 6) is 0. The van der Waals surface area contributed by atoms with Crippen LogP contribution < -0.4 is 5.32 Å². The van der Waals surface area contributed by atoms with Gasteiger partial charge in [0.2, 0.25) is 0 Å². The van der Waals surface area contributed by atoms with Gasteiger partial charge in [0, 0.05) is 5.69 Å². The van der Waals surface area contributed by atoms with Crippen molar-refractivity contribution in [3.8, 4) is 0 Å². The molecule has 0 aromatic carbocycles. The Hall–Kier alpha value is -0.960. The van der Waals surface area contributed by atoms with Gasteiger partial charge >= 0.3 is 0 Å². The Labute approximate surface area is 78.6 Å². The highest BCUT2D eigenvalue weighted by molar-refractivity contribution is 5.24. The molecule has 13 heavy (non-hydrogen) atoms. The molecule has 0 radical (unpaired) electrons. The Balaban J connectivity index is 2.30. The van der Waals surface area contributed by atoms with Crippen molar-refractivity contribution in [1.29, 1.82) is 0 Å². The molecule has 1 aliphatic carbocycles. The number of aryl methyl sites for hydroxylation is 1. The predicted molar refractivity (Wildman–Crippen MR) is 51.4 cm³/mol. The summed E-state index contributed by atoms with van der Waals surface area (Å²) in [5.41, 5.74) is 2.46. The van der Waals surface area contributed by atoms with Crippen molar-refractivity contribution >= 4 is 0 Å². The van der Waals surface area contributed by atoms with Gasteiger partial charge in [0.25, 0.3) is 0 Å². The third-order valence-electron chi connectivity index (χ3n) is 2.80. The van der Waals surface area contributed by atoms with Crippen LogP contribution in [0.15, 0.2) is 12.4 Å². The van der Waals surface area contributed by atoms with E-state index in [2.05, 4.69) is 28.3 Å². The molecule has 1 aromatic heterocycles. The molecule has 0 saturated heterocycles. The maximum absolute atomic E-state index is 4.32. The van der Waals surface area contributed by atoms with Crippen molar-refractivity contribution in [2.24, 2.45) is 0 Å². The van der Waals surface area contributed by atoms with E-state index < -0.39 is 0 Å². The second kappa shape index (κ2) is 3.07. The minimum absolute atomic E-state index is 0.173. The molecule has 3 heteroatoms. The van der Waals surface area contributed by atoms with E-state index in [9.17, 15) is 0 Å². The molecule has 3 nitrogen and oxygen atoms in total. The van der Waals surface area contributed by atoms with Crippen molar-refractivity contribution in [2.45, 2.75) is 31.7 Å². The molecule has 1 heterocycles. The normalized spacial score (nSPS) is 18.6. The van der Waals surface area contributed by atoms with Gasteiger partial charge < -0.3 is 5.32 Å². The van der Waals surface area contributed by atoms with Crippen molar-refractivity contribution in [1.82, 2.24) is 15.3 Å². The highest BCUT2D eigenvalue weighted by Gasteiger charge is 2.44. The maximum Gasteiger partial charge on any atom is 0.116 e. The summed E-state index contributed by atoms with van der Waals surface area (Å²) in [6, 6.07) is 2.11. The second-order valence-corrected chi connectivity index (χ2v) is 3.58. The van der Waals surface area contributed by atoms with Crippen molar-refractivity contribution in [3.05, 3.63) is 23.8 Å². The molecule has 70 valence electrons. The molecular formula is C10H15N3. The quantitative estimate of drug-likeness (QED) is 0.755. The SMILES string of the molecule is CCc1cc(C2(NC)CC2)ncn1. The van der Waals surface area contributed by atoms with Crippen LogP contribution in [-0.2, 0) is 12.0 Å². The summed E-state index contributed by atoms with van der Waals surface area (Å²) < 4.78 is 0. The van der Waals surface area contributed by atoms with Crippen LogP contribution in [0.2, 0.25) is 0 Å². The van der Waals surface area contributed by atoms with Gasteiger partial charge in [-0.05, 0) is 32.4 Å². The Morgan fingerprint density at radius 2 is 2.23 bits per heavy atom. The van der Waals surface area contributed by atoms with Crippen molar-refractivity contribution in [2.75, 3.05) is 7.05 Å². The van der Waals surface area contributed by atoms with Crippen LogP contribution in [0.25, 0.3) is 0 Å². The number of hydrogen-bond donors (Lipinski definition) is 1. The smallest absolute Gasteiger partial charge is 0.116 e. The van der Waals surface area contributed by atoms with Crippen molar-refractivity contribution in [3.63, 3.8) is 0 Å². The third kappa shape index (κ3) is 1.44. The molecule has 0 amide bonds. The van der Waals surface area contributed by atoms with E-state index in [-0.39, 0.29) is 5.54 Å². The van der Waals surface area contributed by atoms with Crippen LogP contribution in [0.1, 0.15) is 31.2 Å². The molecule has 0 atom stereocenters. The van der Waals surface area contributed by atoms with Gasteiger partial charge in [0.05, 0.1) is 11.2 Å². The van der Waals surface area contributed by atoms with Crippen LogP contribution in [-0.4, -0.2) is 17.0 Å². The molecule has 2 rings (SSSR count). The van der Waals surface area contributed by atoms with Crippen LogP contribution in [0.5, 0.6) is 0 Å². The van der Waals surface area contributed by atoms with Gasteiger partial charge in [-0.25, -0.2) is 9.97 Å². The monoisotopic (exact) mass is 177 g/mol. The lowest BCUT2D eigenvalue weighted by Crippen LogP contribution is -2.25. The zero-order chi connectivity index (χ0) is 9.31. The van der Waals surface area contributed by atoms with E-state index in [0.717, 1.165) is 17.8 Å². The molecule has 1 aromatic rings. The number of hydrogen-bond acceptors (Lipinski definition) is 3. The third-order valence-corrected chi connectivity index (χ3v) is 2.80. The van der Waals surface area contributed by atoms with Gasteiger partial charge in [-0.15, -0.1) is 0 Å². The van der Waals surface area contributed by atoms with Crippen LogP contribution >= 0.6 is 0 Å². The summed E-state index contributed by atoms with van der Waals surface area (Å²) >= 11 is 0. The fraction of sp³-hybridized carbons (Fsp3) is 0.600. The molecule has 0 spiro atoms. The summed E-state index contributed by atoms with van der Waals surface area (Å²) in [6.07, 6.45) is 5.05. The molecule has 1 N–H and O–H groups in total. The second-order valence-electron chi connectivity index (χ2n) is 3.58. The summed E-state index contributed by atoms with van der Waals surface area (Å²) in [6.45, 7) is 2.12. The van der Waals surface area contributed by atoms with Crippen LogP contribution in [0, 0.1) is 0 Å². The van der Waals surface area contributed by atoms with Crippen LogP contribution in [0.4, 0.5) is 0 Å². The van der Waals surface area contributed by atoms with E-state index in [4.69, 9.17) is 0 Å². The number of nitrogens with one attached hydrogen (secondary N) is 1. The van der Waals surface area contributed by atoms with E-state index in [0.29, 0.717) is 0 Å². The fourth-order valence-electron chi connectivity index (χ4n) is 1.61. The van der Waals surface area contributed by atoms with E-state index in [1.807, 2.05) is 7.05 Å². The van der Waals surface area contributed by atoms with E-state index in [1.54, 1.807) is 6.33 Å².